The van der Waals surface area contributed by atoms with Crippen LogP contribution in [-0.4, -0.2) is 37.5 Å². The Morgan fingerprint density at radius 1 is 1.21 bits per heavy atom. The number of benzene rings is 2. The first kappa shape index (κ1) is 23.5. The molecule has 1 fully saturated rings. The lowest BCUT2D eigenvalue weighted by Gasteiger charge is -2.13. The Hall–Kier alpha value is -3.66. The number of hydrogen-bond donors (Lipinski definition) is 1. The third-order valence-electron chi connectivity index (χ3n) is 5.45. The molecule has 1 heterocycles. The molecule has 0 radical (unpaired) electrons. The molecule has 0 atom stereocenters. The first-order valence-corrected chi connectivity index (χ1v) is 12.0. The summed E-state index contributed by atoms with van der Waals surface area (Å²) in [7, 11) is 0. The van der Waals surface area contributed by atoms with Gasteiger partial charge in [0.05, 0.1) is 16.8 Å². The summed E-state index contributed by atoms with van der Waals surface area (Å²) in [6.07, 6.45) is 6.66. The second kappa shape index (κ2) is 11.0. The highest BCUT2D eigenvalue weighted by Gasteiger charge is 2.19. The van der Waals surface area contributed by atoms with Crippen LogP contribution in [0.5, 0.6) is 5.75 Å². The van der Waals surface area contributed by atoms with Crippen molar-refractivity contribution in [3.8, 4) is 17.1 Å². The molecule has 176 valence electrons. The Morgan fingerprint density at radius 3 is 2.65 bits per heavy atom. The lowest BCUT2D eigenvalue weighted by molar-refractivity contribution is -0.383. The summed E-state index contributed by atoms with van der Waals surface area (Å²) in [5.74, 6) is 1.15. The number of rotatable bonds is 10. The van der Waals surface area contributed by atoms with Crippen molar-refractivity contribution < 1.29 is 14.5 Å². The molecule has 1 saturated carbocycles. The van der Waals surface area contributed by atoms with Crippen LogP contribution in [-0.2, 0) is 11.3 Å². The Bertz CT molecular complexity index is 1170. The first-order valence-electron chi connectivity index (χ1n) is 11.0. The zero-order valence-electron chi connectivity index (χ0n) is 18.6. The van der Waals surface area contributed by atoms with Crippen LogP contribution in [0, 0.1) is 10.1 Å². The van der Waals surface area contributed by atoms with E-state index in [0.717, 1.165) is 24.2 Å². The van der Waals surface area contributed by atoms with Gasteiger partial charge in [-0.15, -0.1) is 16.8 Å². The van der Waals surface area contributed by atoms with Crippen LogP contribution < -0.4 is 10.1 Å². The number of amides is 1. The van der Waals surface area contributed by atoms with Gasteiger partial charge in [0.15, 0.2) is 11.0 Å². The van der Waals surface area contributed by atoms with E-state index in [1.807, 2.05) is 28.8 Å². The van der Waals surface area contributed by atoms with E-state index >= 15 is 0 Å². The van der Waals surface area contributed by atoms with E-state index in [9.17, 15) is 14.9 Å². The van der Waals surface area contributed by atoms with Gasteiger partial charge in [-0.25, -0.2) is 0 Å². The zero-order valence-corrected chi connectivity index (χ0v) is 19.4. The van der Waals surface area contributed by atoms with Gasteiger partial charge in [-0.3, -0.25) is 19.5 Å². The second-order valence-corrected chi connectivity index (χ2v) is 8.81. The number of aromatic nitrogens is 3. The molecule has 1 aliphatic rings. The fourth-order valence-electron chi connectivity index (χ4n) is 3.84. The molecule has 0 spiro atoms. The summed E-state index contributed by atoms with van der Waals surface area (Å²) in [6, 6.07) is 13.8. The van der Waals surface area contributed by atoms with Crippen LogP contribution >= 0.6 is 11.8 Å². The molecule has 3 aromatic rings. The zero-order chi connectivity index (χ0) is 23.9. The number of anilines is 1. The molecular weight excluding hydrogens is 454 g/mol. The van der Waals surface area contributed by atoms with Gasteiger partial charge in [0, 0.05) is 18.2 Å². The topological polar surface area (TPSA) is 112 Å². The van der Waals surface area contributed by atoms with Crippen LogP contribution in [0.25, 0.3) is 11.4 Å². The highest BCUT2D eigenvalue weighted by atomic mass is 32.2. The lowest BCUT2D eigenvalue weighted by atomic mass is 10.2. The Kier molecular flexibility index (Phi) is 7.58. The van der Waals surface area contributed by atoms with Crippen molar-refractivity contribution in [1.29, 1.82) is 0 Å². The maximum atomic E-state index is 12.4. The molecule has 1 aromatic heterocycles. The van der Waals surface area contributed by atoms with Crippen molar-refractivity contribution >= 4 is 29.0 Å². The number of allylic oxidation sites excluding steroid dienone is 1. The third-order valence-corrected chi connectivity index (χ3v) is 6.42. The first-order chi connectivity index (χ1) is 16.5. The Labute approximate surface area is 201 Å². The number of carbonyl (C=O) groups excluding carboxylic acids is 1. The minimum absolute atomic E-state index is 0.0233. The number of nitro benzene ring substituents is 1. The molecule has 9 nitrogen and oxygen atoms in total. The molecule has 1 amide bonds. The van der Waals surface area contributed by atoms with Gasteiger partial charge in [-0.05, 0) is 56.0 Å². The number of thioether (sulfide) groups is 1. The number of para-hydroxylation sites is 2. The molecule has 10 heteroatoms. The van der Waals surface area contributed by atoms with Crippen molar-refractivity contribution in [2.45, 2.75) is 43.5 Å². The molecule has 0 aliphatic heterocycles. The van der Waals surface area contributed by atoms with E-state index in [-0.39, 0.29) is 23.0 Å². The van der Waals surface area contributed by atoms with E-state index in [2.05, 4.69) is 22.1 Å². The van der Waals surface area contributed by atoms with E-state index in [1.54, 1.807) is 18.2 Å². The van der Waals surface area contributed by atoms with Crippen molar-refractivity contribution in [3.63, 3.8) is 0 Å². The number of ether oxygens (including phenoxy) is 1. The minimum atomic E-state index is -0.528. The number of nitro groups is 1. The summed E-state index contributed by atoms with van der Waals surface area (Å²) in [5, 5.41) is 22.9. The molecule has 1 aliphatic carbocycles. The Balaban J connectivity index is 1.43. The van der Waals surface area contributed by atoms with Crippen molar-refractivity contribution in [1.82, 2.24) is 14.8 Å². The predicted octanol–water partition coefficient (Wildman–Crippen LogP) is 5.09. The molecule has 34 heavy (non-hydrogen) atoms. The molecule has 0 unspecified atom stereocenters. The van der Waals surface area contributed by atoms with Crippen LogP contribution in [0.2, 0.25) is 0 Å². The van der Waals surface area contributed by atoms with Crippen molar-refractivity contribution in [2.75, 3.05) is 11.1 Å². The summed E-state index contributed by atoms with van der Waals surface area (Å²) >= 11 is 1.20. The summed E-state index contributed by atoms with van der Waals surface area (Å²) in [5.41, 5.74) is 0.883. The molecule has 1 N–H and O–H groups in total. The third kappa shape index (κ3) is 5.63. The summed E-state index contributed by atoms with van der Waals surface area (Å²) in [4.78, 5) is 23.1. The SMILES string of the molecule is C=CCn1c(SCC(=O)Nc2ccccc2[N+](=O)[O-])nnc1-c1ccc(OC2CCCC2)cc1. The quantitative estimate of drug-likeness (QED) is 0.186. The fraction of sp³-hybridized carbons (Fsp3) is 0.292. The largest absolute Gasteiger partial charge is 0.490 e. The van der Waals surface area contributed by atoms with Crippen LogP contribution in [0.15, 0.2) is 66.3 Å². The second-order valence-electron chi connectivity index (χ2n) is 7.87. The number of hydrogen-bond acceptors (Lipinski definition) is 7. The van der Waals surface area contributed by atoms with E-state index in [1.165, 1.54) is 36.7 Å². The average molecular weight is 480 g/mol. The lowest BCUT2D eigenvalue weighted by Crippen LogP contribution is -2.15. The van der Waals surface area contributed by atoms with Crippen LogP contribution in [0.1, 0.15) is 25.7 Å². The van der Waals surface area contributed by atoms with Gasteiger partial charge in [0.25, 0.3) is 5.69 Å². The molecular formula is C24H25N5O4S. The predicted molar refractivity (Wildman–Crippen MR) is 131 cm³/mol. The van der Waals surface area contributed by atoms with Gasteiger partial charge >= 0.3 is 0 Å². The van der Waals surface area contributed by atoms with Crippen LogP contribution in [0.3, 0.4) is 0 Å². The Morgan fingerprint density at radius 2 is 1.94 bits per heavy atom. The van der Waals surface area contributed by atoms with E-state index in [0.29, 0.717) is 23.6 Å². The van der Waals surface area contributed by atoms with Gasteiger partial charge < -0.3 is 10.1 Å². The molecule has 0 saturated heterocycles. The standard InChI is InChI=1S/C24H25N5O4S/c1-2-15-28-23(17-11-13-19(14-12-17)33-18-7-3-4-8-18)26-27-24(28)34-16-22(30)25-20-9-5-6-10-21(20)29(31)32/h2,5-6,9-14,18H,1,3-4,7-8,15-16H2,(H,25,30). The highest BCUT2D eigenvalue weighted by molar-refractivity contribution is 7.99. The number of carbonyl (C=O) groups is 1. The molecule has 0 bridgehead atoms. The van der Waals surface area contributed by atoms with E-state index < -0.39 is 4.92 Å². The maximum absolute atomic E-state index is 12.4. The maximum Gasteiger partial charge on any atom is 0.292 e. The fourth-order valence-corrected chi connectivity index (χ4v) is 4.59. The van der Waals surface area contributed by atoms with Crippen molar-refractivity contribution in [3.05, 3.63) is 71.3 Å². The van der Waals surface area contributed by atoms with E-state index in [4.69, 9.17) is 4.74 Å². The normalized spacial score (nSPS) is 13.5. The number of nitrogens with one attached hydrogen (secondary N) is 1. The monoisotopic (exact) mass is 479 g/mol. The van der Waals surface area contributed by atoms with Gasteiger partial charge in [0.2, 0.25) is 5.91 Å². The van der Waals surface area contributed by atoms with Crippen LogP contribution in [0.4, 0.5) is 11.4 Å². The van der Waals surface area contributed by atoms with Crippen molar-refractivity contribution in [2.24, 2.45) is 0 Å². The van der Waals surface area contributed by atoms with Gasteiger partial charge in [-0.1, -0.05) is 30.0 Å². The minimum Gasteiger partial charge on any atom is -0.490 e. The van der Waals surface area contributed by atoms with Gasteiger partial charge in [0.1, 0.15) is 11.4 Å². The summed E-state index contributed by atoms with van der Waals surface area (Å²) in [6.45, 7) is 4.28. The average Bonchev–Trinajstić information content (AvgIpc) is 3.49. The van der Waals surface area contributed by atoms with Gasteiger partial charge in [-0.2, -0.15) is 0 Å². The molecule has 2 aromatic carbocycles. The number of nitrogens with zero attached hydrogens (tertiary/aromatic N) is 4. The highest BCUT2D eigenvalue weighted by Crippen LogP contribution is 2.29. The molecule has 4 rings (SSSR count). The smallest absolute Gasteiger partial charge is 0.292 e. The summed E-state index contributed by atoms with van der Waals surface area (Å²) < 4.78 is 7.91.